The van der Waals surface area contributed by atoms with Gasteiger partial charge in [-0.15, -0.1) is 0 Å². The van der Waals surface area contributed by atoms with Gasteiger partial charge in [-0.05, 0) is 19.1 Å². The molecule has 1 heterocycles. The molecular formula is C8H7FN2. The average Bonchev–Trinajstić information content (AvgIpc) is 2.04. The molecule has 0 saturated carbocycles. The fourth-order valence-electron chi connectivity index (χ4n) is 0.829. The highest BCUT2D eigenvalue weighted by molar-refractivity contribution is 5.33. The zero-order chi connectivity index (χ0) is 8.27. The number of halogens is 1. The maximum Gasteiger partial charge on any atom is 0.140 e. The minimum absolute atomic E-state index is 0.218. The molecule has 1 rings (SSSR count). The third-order valence-corrected chi connectivity index (χ3v) is 1.34. The summed E-state index contributed by atoms with van der Waals surface area (Å²) in [6, 6.07) is 5.04. The number of hydrogen-bond acceptors (Lipinski definition) is 2. The van der Waals surface area contributed by atoms with Crippen molar-refractivity contribution in [2.24, 2.45) is 0 Å². The van der Waals surface area contributed by atoms with Crippen molar-refractivity contribution in [2.75, 3.05) is 0 Å². The molecule has 0 aliphatic rings. The Morgan fingerprint density at radius 1 is 1.73 bits per heavy atom. The lowest BCUT2D eigenvalue weighted by molar-refractivity contribution is 0.365. The predicted octanol–water partition coefficient (Wildman–Crippen LogP) is 1.98. The quantitative estimate of drug-likeness (QED) is 0.613. The molecule has 1 unspecified atom stereocenters. The van der Waals surface area contributed by atoms with Crippen molar-refractivity contribution in [1.82, 2.24) is 4.98 Å². The Labute approximate surface area is 64.3 Å². The topological polar surface area (TPSA) is 36.7 Å². The van der Waals surface area contributed by atoms with Gasteiger partial charge in [-0.3, -0.25) is 4.98 Å². The van der Waals surface area contributed by atoms with E-state index in [0.717, 1.165) is 0 Å². The van der Waals surface area contributed by atoms with Crippen molar-refractivity contribution in [1.29, 1.82) is 5.26 Å². The van der Waals surface area contributed by atoms with Crippen molar-refractivity contribution in [3.8, 4) is 6.07 Å². The number of pyridine rings is 1. The van der Waals surface area contributed by atoms with E-state index in [4.69, 9.17) is 5.26 Å². The molecule has 1 atom stereocenters. The molecule has 0 radical (unpaired) electrons. The molecule has 1 aromatic rings. The summed E-state index contributed by atoms with van der Waals surface area (Å²) in [6.45, 7) is 1.36. The van der Waals surface area contributed by atoms with Gasteiger partial charge in [0.2, 0.25) is 0 Å². The van der Waals surface area contributed by atoms with Crippen molar-refractivity contribution >= 4 is 0 Å². The molecule has 0 N–H and O–H groups in total. The van der Waals surface area contributed by atoms with E-state index >= 15 is 0 Å². The van der Waals surface area contributed by atoms with Crippen LogP contribution in [0.15, 0.2) is 18.3 Å². The first-order valence-corrected chi connectivity index (χ1v) is 3.24. The maximum atomic E-state index is 12.7. The van der Waals surface area contributed by atoms with E-state index in [0.29, 0.717) is 5.56 Å². The molecular weight excluding hydrogens is 143 g/mol. The van der Waals surface area contributed by atoms with Gasteiger partial charge >= 0.3 is 0 Å². The van der Waals surface area contributed by atoms with E-state index < -0.39 is 6.17 Å². The van der Waals surface area contributed by atoms with Crippen LogP contribution < -0.4 is 0 Å². The molecule has 0 bridgehead atoms. The number of nitriles is 1. The molecule has 0 aliphatic carbocycles. The molecule has 56 valence electrons. The smallest absolute Gasteiger partial charge is 0.140 e. The van der Waals surface area contributed by atoms with E-state index in [-0.39, 0.29) is 5.69 Å². The molecule has 0 spiro atoms. The highest BCUT2D eigenvalue weighted by Crippen LogP contribution is 2.16. The van der Waals surface area contributed by atoms with Gasteiger partial charge in [-0.2, -0.15) is 5.26 Å². The van der Waals surface area contributed by atoms with Crippen molar-refractivity contribution in [3.63, 3.8) is 0 Å². The number of hydrogen-bond donors (Lipinski definition) is 0. The number of alkyl halides is 1. The summed E-state index contributed by atoms with van der Waals surface area (Å²) in [5, 5.41) is 8.51. The normalized spacial score (nSPS) is 12.1. The molecule has 0 amide bonds. The monoisotopic (exact) mass is 150 g/mol. The first-order valence-electron chi connectivity index (χ1n) is 3.24. The van der Waals surface area contributed by atoms with Gasteiger partial charge in [0.25, 0.3) is 0 Å². The molecule has 0 saturated heterocycles. The van der Waals surface area contributed by atoms with Crippen LogP contribution in [0.5, 0.6) is 0 Å². The second-order valence-corrected chi connectivity index (χ2v) is 2.16. The van der Waals surface area contributed by atoms with Gasteiger partial charge in [-0.25, -0.2) is 4.39 Å². The summed E-state index contributed by atoms with van der Waals surface area (Å²) in [4.78, 5) is 3.75. The van der Waals surface area contributed by atoms with E-state index in [1.165, 1.54) is 13.1 Å². The molecule has 0 aromatic carbocycles. The average molecular weight is 150 g/mol. The fourth-order valence-corrected chi connectivity index (χ4v) is 0.829. The standard InChI is InChI=1S/C8H7FN2/c1-6(9)8-7(5-10)3-2-4-11-8/h2-4,6H,1H3. The summed E-state index contributed by atoms with van der Waals surface area (Å²) in [5.74, 6) is 0. The number of aromatic nitrogens is 1. The van der Waals surface area contributed by atoms with Gasteiger partial charge in [-0.1, -0.05) is 0 Å². The summed E-state index contributed by atoms with van der Waals surface area (Å²) in [6.07, 6.45) is 0.303. The Morgan fingerprint density at radius 2 is 2.45 bits per heavy atom. The fraction of sp³-hybridized carbons (Fsp3) is 0.250. The maximum absolute atomic E-state index is 12.7. The first-order chi connectivity index (χ1) is 5.25. The Kier molecular flexibility index (Phi) is 2.17. The van der Waals surface area contributed by atoms with Crippen LogP contribution in [0.4, 0.5) is 4.39 Å². The largest absolute Gasteiger partial charge is 0.257 e. The van der Waals surface area contributed by atoms with E-state index in [1.54, 1.807) is 12.1 Å². The van der Waals surface area contributed by atoms with Gasteiger partial charge in [0, 0.05) is 6.20 Å². The van der Waals surface area contributed by atoms with Crippen molar-refractivity contribution in [3.05, 3.63) is 29.6 Å². The highest BCUT2D eigenvalue weighted by Gasteiger charge is 2.08. The Morgan fingerprint density at radius 3 is 2.91 bits per heavy atom. The zero-order valence-corrected chi connectivity index (χ0v) is 6.08. The van der Waals surface area contributed by atoms with Crippen LogP contribution in [-0.2, 0) is 0 Å². The third kappa shape index (κ3) is 1.53. The van der Waals surface area contributed by atoms with Crippen LogP contribution in [0, 0.1) is 11.3 Å². The van der Waals surface area contributed by atoms with Crippen molar-refractivity contribution in [2.45, 2.75) is 13.1 Å². The summed E-state index contributed by atoms with van der Waals surface area (Å²) in [5.41, 5.74) is 0.525. The third-order valence-electron chi connectivity index (χ3n) is 1.34. The van der Waals surface area contributed by atoms with E-state index in [1.807, 2.05) is 6.07 Å². The van der Waals surface area contributed by atoms with Gasteiger partial charge in [0.05, 0.1) is 11.3 Å². The highest BCUT2D eigenvalue weighted by atomic mass is 19.1. The van der Waals surface area contributed by atoms with Gasteiger partial charge in [0.1, 0.15) is 12.2 Å². The molecule has 0 aliphatic heterocycles. The zero-order valence-electron chi connectivity index (χ0n) is 6.08. The molecule has 1 aromatic heterocycles. The Bertz CT molecular complexity index is 288. The van der Waals surface area contributed by atoms with E-state index in [2.05, 4.69) is 4.98 Å². The SMILES string of the molecule is CC(F)c1ncccc1C#N. The van der Waals surface area contributed by atoms with Gasteiger partial charge < -0.3 is 0 Å². The minimum atomic E-state index is -1.18. The Hall–Kier alpha value is -1.43. The second-order valence-electron chi connectivity index (χ2n) is 2.16. The molecule has 11 heavy (non-hydrogen) atoms. The first kappa shape index (κ1) is 7.67. The lowest BCUT2D eigenvalue weighted by Gasteiger charge is -2.00. The van der Waals surface area contributed by atoms with Crippen LogP contribution in [0.3, 0.4) is 0 Å². The van der Waals surface area contributed by atoms with Crippen LogP contribution in [0.2, 0.25) is 0 Å². The van der Waals surface area contributed by atoms with Crippen LogP contribution >= 0.6 is 0 Å². The molecule has 2 nitrogen and oxygen atoms in total. The minimum Gasteiger partial charge on any atom is -0.257 e. The predicted molar refractivity (Wildman–Crippen MR) is 38.5 cm³/mol. The Balaban J connectivity index is 3.15. The number of nitrogens with zero attached hydrogens (tertiary/aromatic N) is 2. The van der Waals surface area contributed by atoms with Crippen molar-refractivity contribution < 1.29 is 4.39 Å². The summed E-state index contributed by atoms with van der Waals surface area (Å²) in [7, 11) is 0. The van der Waals surface area contributed by atoms with E-state index in [9.17, 15) is 4.39 Å². The lowest BCUT2D eigenvalue weighted by Crippen LogP contribution is -1.94. The van der Waals surface area contributed by atoms with Gasteiger partial charge in [0.15, 0.2) is 0 Å². The van der Waals surface area contributed by atoms with Crippen LogP contribution in [0.25, 0.3) is 0 Å². The summed E-state index contributed by atoms with van der Waals surface area (Å²) >= 11 is 0. The molecule has 3 heteroatoms. The number of rotatable bonds is 1. The van der Waals surface area contributed by atoms with Crippen LogP contribution in [-0.4, -0.2) is 4.98 Å². The molecule has 0 fully saturated rings. The second kappa shape index (κ2) is 3.11. The summed E-state index contributed by atoms with van der Waals surface area (Å²) < 4.78 is 12.7. The lowest BCUT2D eigenvalue weighted by atomic mass is 10.1. The van der Waals surface area contributed by atoms with Crippen LogP contribution in [0.1, 0.15) is 24.4 Å².